The first-order valence-electron chi connectivity index (χ1n) is 7.30. The molecule has 5 nitrogen and oxygen atoms in total. The predicted molar refractivity (Wildman–Crippen MR) is 86.6 cm³/mol. The predicted octanol–water partition coefficient (Wildman–Crippen LogP) is 1.58. The Balaban J connectivity index is 1.51. The van der Waals surface area contributed by atoms with Crippen LogP contribution in [0.2, 0.25) is 0 Å². The number of hydrogen-bond donors (Lipinski definition) is 1. The molecular weight excluding hydrogens is 282 g/mol. The van der Waals surface area contributed by atoms with Crippen molar-refractivity contribution in [1.29, 1.82) is 0 Å². The molecule has 0 saturated carbocycles. The minimum absolute atomic E-state index is 0.875. The molecule has 0 amide bonds. The largest absolute Gasteiger partial charge is 0.346 e. The maximum atomic E-state index is 4.55. The highest BCUT2D eigenvalue weighted by atomic mass is 32.1. The third kappa shape index (κ3) is 3.78. The van der Waals surface area contributed by atoms with E-state index in [9.17, 15) is 0 Å². The van der Waals surface area contributed by atoms with Crippen LogP contribution in [-0.4, -0.2) is 48.1 Å². The summed E-state index contributed by atoms with van der Waals surface area (Å²) in [6.45, 7) is 6.04. The first-order valence-corrected chi connectivity index (χ1v) is 8.18. The van der Waals surface area contributed by atoms with Crippen molar-refractivity contribution in [3.05, 3.63) is 41.2 Å². The van der Waals surface area contributed by atoms with Gasteiger partial charge in [-0.1, -0.05) is 6.07 Å². The standard InChI is InChI=1S/C15H21N5S/c1-16-10-13-2-3-14(18-11-13)12-19-5-7-20(8-6-19)15-17-4-9-21-15/h2-4,9,11,16H,5-8,10,12H2,1H3. The molecule has 1 aliphatic rings. The number of pyridine rings is 1. The second kappa shape index (κ2) is 6.98. The fraction of sp³-hybridized carbons (Fsp3) is 0.467. The Labute approximate surface area is 129 Å². The summed E-state index contributed by atoms with van der Waals surface area (Å²) in [5.74, 6) is 0. The average molecular weight is 303 g/mol. The zero-order valence-electron chi connectivity index (χ0n) is 12.3. The molecule has 21 heavy (non-hydrogen) atoms. The molecule has 2 aromatic rings. The number of nitrogens with one attached hydrogen (secondary N) is 1. The molecule has 112 valence electrons. The lowest BCUT2D eigenvalue weighted by atomic mass is 10.2. The van der Waals surface area contributed by atoms with Gasteiger partial charge in [0, 0.05) is 57.0 Å². The fourth-order valence-corrected chi connectivity index (χ4v) is 3.25. The summed E-state index contributed by atoms with van der Waals surface area (Å²) in [5, 5.41) is 6.32. The monoisotopic (exact) mass is 303 g/mol. The number of anilines is 1. The Kier molecular flexibility index (Phi) is 4.80. The van der Waals surface area contributed by atoms with Crippen molar-refractivity contribution in [3.63, 3.8) is 0 Å². The van der Waals surface area contributed by atoms with Crippen LogP contribution in [0.15, 0.2) is 29.9 Å². The molecule has 1 fully saturated rings. The van der Waals surface area contributed by atoms with Crippen LogP contribution >= 0.6 is 11.3 Å². The Morgan fingerprint density at radius 1 is 1.19 bits per heavy atom. The quantitative estimate of drug-likeness (QED) is 0.908. The highest BCUT2D eigenvalue weighted by Crippen LogP contribution is 2.19. The topological polar surface area (TPSA) is 44.3 Å². The number of hydrogen-bond acceptors (Lipinski definition) is 6. The van der Waals surface area contributed by atoms with Gasteiger partial charge < -0.3 is 10.2 Å². The Hall–Kier alpha value is -1.50. The van der Waals surface area contributed by atoms with E-state index in [1.165, 1.54) is 5.56 Å². The van der Waals surface area contributed by atoms with Crippen LogP contribution in [0.25, 0.3) is 0 Å². The van der Waals surface area contributed by atoms with Crippen LogP contribution in [0.4, 0.5) is 5.13 Å². The van der Waals surface area contributed by atoms with E-state index >= 15 is 0 Å². The molecule has 1 aliphatic heterocycles. The van der Waals surface area contributed by atoms with Gasteiger partial charge >= 0.3 is 0 Å². The molecule has 0 aromatic carbocycles. The minimum Gasteiger partial charge on any atom is -0.346 e. The second-order valence-electron chi connectivity index (χ2n) is 5.27. The molecule has 0 unspecified atom stereocenters. The maximum Gasteiger partial charge on any atom is 0.185 e. The van der Waals surface area contributed by atoms with Crippen LogP contribution in [0.1, 0.15) is 11.3 Å². The molecule has 1 saturated heterocycles. The number of nitrogens with zero attached hydrogens (tertiary/aromatic N) is 4. The summed E-state index contributed by atoms with van der Waals surface area (Å²) in [5.41, 5.74) is 2.38. The summed E-state index contributed by atoms with van der Waals surface area (Å²) in [6, 6.07) is 4.30. The van der Waals surface area contributed by atoms with Crippen LogP contribution in [0.3, 0.4) is 0 Å². The van der Waals surface area contributed by atoms with Gasteiger partial charge in [-0.15, -0.1) is 11.3 Å². The van der Waals surface area contributed by atoms with E-state index in [0.717, 1.165) is 50.1 Å². The van der Waals surface area contributed by atoms with Crippen molar-refractivity contribution >= 4 is 16.5 Å². The van der Waals surface area contributed by atoms with Crippen molar-refractivity contribution in [3.8, 4) is 0 Å². The van der Waals surface area contributed by atoms with E-state index in [1.807, 2.05) is 24.8 Å². The van der Waals surface area contributed by atoms with Gasteiger partial charge in [0.05, 0.1) is 5.69 Å². The average Bonchev–Trinajstić information content (AvgIpc) is 3.05. The Bertz CT molecular complexity index is 532. The van der Waals surface area contributed by atoms with Gasteiger partial charge in [-0.2, -0.15) is 0 Å². The number of aromatic nitrogens is 2. The number of thiazole rings is 1. The fourth-order valence-electron chi connectivity index (χ4n) is 2.56. The lowest BCUT2D eigenvalue weighted by Crippen LogP contribution is -2.46. The second-order valence-corrected chi connectivity index (χ2v) is 6.14. The Morgan fingerprint density at radius 3 is 2.67 bits per heavy atom. The molecule has 3 heterocycles. The van der Waals surface area contributed by atoms with Gasteiger partial charge in [0.25, 0.3) is 0 Å². The highest BCUT2D eigenvalue weighted by molar-refractivity contribution is 7.13. The van der Waals surface area contributed by atoms with Gasteiger partial charge in [-0.3, -0.25) is 9.88 Å². The van der Waals surface area contributed by atoms with Gasteiger partial charge in [-0.05, 0) is 18.7 Å². The van der Waals surface area contributed by atoms with Gasteiger partial charge in [0.15, 0.2) is 5.13 Å². The van der Waals surface area contributed by atoms with Crippen molar-refractivity contribution < 1.29 is 0 Å². The lowest BCUT2D eigenvalue weighted by Gasteiger charge is -2.34. The molecular formula is C15H21N5S. The van der Waals surface area contributed by atoms with Crippen molar-refractivity contribution in [2.75, 3.05) is 38.1 Å². The maximum absolute atomic E-state index is 4.55. The normalized spacial score (nSPS) is 16.3. The smallest absolute Gasteiger partial charge is 0.185 e. The SMILES string of the molecule is CNCc1ccc(CN2CCN(c3nccs3)CC2)nc1. The van der Waals surface area contributed by atoms with Gasteiger partial charge in [0.1, 0.15) is 0 Å². The molecule has 0 bridgehead atoms. The van der Waals surface area contributed by atoms with E-state index in [4.69, 9.17) is 0 Å². The molecule has 0 aliphatic carbocycles. The van der Waals surface area contributed by atoms with Gasteiger partial charge in [-0.25, -0.2) is 4.98 Å². The summed E-state index contributed by atoms with van der Waals surface area (Å²) in [7, 11) is 1.95. The van der Waals surface area contributed by atoms with Crippen LogP contribution in [-0.2, 0) is 13.1 Å². The summed E-state index contributed by atoms with van der Waals surface area (Å²) >= 11 is 1.72. The molecule has 2 aromatic heterocycles. The molecule has 3 rings (SSSR count). The van der Waals surface area contributed by atoms with Crippen LogP contribution in [0, 0.1) is 0 Å². The first kappa shape index (κ1) is 14.4. The summed E-state index contributed by atoms with van der Waals surface area (Å²) < 4.78 is 0. The molecule has 1 N–H and O–H groups in total. The zero-order valence-corrected chi connectivity index (χ0v) is 13.1. The minimum atomic E-state index is 0.875. The number of rotatable bonds is 5. The lowest BCUT2D eigenvalue weighted by molar-refractivity contribution is 0.247. The van der Waals surface area contributed by atoms with Crippen LogP contribution < -0.4 is 10.2 Å². The molecule has 0 atom stereocenters. The Morgan fingerprint density at radius 2 is 2.05 bits per heavy atom. The zero-order chi connectivity index (χ0) is 14.5. The van der Waals surface area contributed by atoms with Crippen LogP contribution in [0.5, 0.6) is 0 Å². The third-order valence-electron chi connectivity index (χ3n) is 3.71. The van der Waals surface area contributed by atoms with Crippen molar-refractivity contribution in [1.82, 2.24) is 20.2 Å². The highest BCUT2D eigenvalue weighted by Gasteiger charge is 2.18. The molecule has 0 radical (unpaired) electrons. The summed E-state index contributed by atoms with van der Waals surface area (Å²) in [6.07, 6.45) is 3.85. The van der Waals surface area contributed by atoms with E-state index in [1.54, 1.807) is 11.3 Å². The van der Waals surface area contributed by atoms with Crippen molar-refractivity contribution in [2.45, 2.75) is 13.1 Å². The van der Waals surface area contributed by atoms with E-state index in [-0.39, 0.29) is 0 Å². The van der Waals surface area contributed by atoms with E-state index < -0.39 is 0 Å². The first-order chi connectivity index (χ1) is 10.3. The van der Waals surface area contributed by atoms with Gasteiger partial charge in [0.2, 0.25) is 0 Å². The molecule has 0 spiro atoms. The van der Waals surface area contributed by atoms with E-state index in [2.05, 4.69) is 37.2 Å². The van der Waals surface area contributed by atoms with E-state index in [0.29, 0.717) is 0 Å². The summed E-state index contributed by atoms with van der Waals surface area (Å²) in [4.78, 5) is 13.8. The third-order valence-corrected chi connectivity index (χ3v) is 4.55. The number of piperazine rings is 1. The van der Waals surface area contributed by atoms with Crippen molar-refractivity contribution in [2.24, 2.45) is 0 Å². The molecule has 6 heteroatoms.